The zero-order valence-electron chi connectivity index (χ0n) is 14.5. The van der Waals surface area contributed by atoms with Gasteiger partial charge >= 0.3 is 0 Å². The Balaban J connectivity index is 1.26. The highest BCUT2D eigenvalue weighted by Crippen LogP contribution is 2.36. The highest BCUT2D eigenvalue weighted by atomic mass is 16.5. The molecular formula is C18H26N6O. The zero-order chi connectivity index (χ0) is 16.9. The lowest BCUT2D eigenvalue weighted by atomic mass is 9.75. The second-order valence-corrected chi connectivity index (χ2v) is 7.95. The Hall–Kier alpha value is -1.70. The van der Waals surface area contributed by atoms with Crippen LogP contribution in [0.5, 0.6) is 0 Å². The van der Waals surface area contributed by atoms with Crippen molar-refractivity contribution in [1.82, 2.24) is 24.8 Å². The van der Waals surface area contributed by atoms with Crippen LogP contribution >= 0.6 is 0 Å². The molecule has 2 atom stereocenters. The monoisotopic (exact) mass is 342 g/mol. The molecule has 0 bridgehead atoms. The van der Waals surface area contributed by atoms with E-state index in [9.17, 15) is 0 Å². The molecule has 5 heterocycles. The molecule has 0 amide bonds. The van der Waals surface area contributed by atoms with Crippen LogP contribution in [0.25, 0.3) is 11.0 Å². The fraction of sp³-hybridized carbons (Fsp3) is 0.667. The van der Waals surface area contributed by atoms with Crippen molar-refractivity contribution >= 4 is 16.9 Å². The first-order chi connectivity index (χ1) is 12.2. The van der Waals surface area contributed by atoms with Gasteiger partial charge in [-0.1, -0.05) is 0 Å². The summed E-state index contributed by atoms with van der Waals surface area (Å²) in [4.78, 5) is 11.1. The molecule has 2 unspecified atom stereocenters. The van der Waals surface area contributed by atoms with E-state index in [2.05, 4.69) is 24.8 Å². The van der Waals surface area contributed by atoms with Gasteiger partial charge in [-0.15, -0.1) is 0 Å². The summed E-state index contributed by atoms with van der Waals surface area (Å²) in [6, 6.07) is 1.99. The third-order valence-electron chi connectivity index (χ3n) is 6.14. The highest BCUT2D eigenvalue weighted by molar-refractivity contribution is 5.86. The van der Waals surface area contributed by atoms with E-state index in [1.54, 1.807) is 0 Å². The number of anilines is 1. The maximum absolute atomic E-state index is 6.38. The van der Waals surface area contributed by atoms with Gasteiger partial charge in [-0.3, -0.25) is 0 Å². The molecule has 25 heavy (non-hydrogen) atoms. The summed E-state index contributed by atoms with van der Waals surface area (Å²) in [5, 5.41) is 4.36. The summed E-state index contributed by atoms with van der Waals surface area (Å²) >= 11 is 0. The fourth-order valence-electron chi connectivity index (χ4n) is 4.77. The number of nitrogens with two attached hydrogens (primary N) is 1. The maximum Gasteiger partial charge on any atom is 0.147 e. The van der Waals surface area contributed by atoms with E-state index in [1.165, 1.54) is 45.3 Å². The first kappa shape index (κ1) is 15.5. The minimum atomic E-state index is 0.0564. The normalized spacial score (nSPS) is 29.3. The number of fused-ring (bicyclic) bond motifs is 1. The largest absolute Gasteiger partial charge is 0.383 e. The molecule has 3 aliphatic rings. The van der Waals surface area contributed by atoms with Crippen LogP contribution in [-0.2, 0) is 4.74 Å². The summed E-state index contributed by atoms with van der Waals surface area (Å²) < 4.78 is 8.49. The number of nitrogens with one attached hydrogen (secondary N) is 1. The van der Waals surface area contributed by atoms with Crippen molar-refractivity contribution in [3.05, 3.63) is 18.6 Å². The lowest BCUT2D eigenvalue weighted by Crippen LogP contribution is -2.61. The van der Waals surface area contributed by atoms with Crippen LogP contribution in [-0.4, -0.2) is 58.3 Å². The molecule has 3 saturated heterocycles. The number of nitrogen functional groups attached to an aromatic ring is 1. The lowest BCUT2D eigenvalue weighted by molar-refractivity contribution is -0.0318. The highest BCUT2D eigenvalue weighted by Gasteiger charge is 2.41. The molecule has 3 fully saturated rings. The van der Waals surface area contributed by atoms with Crippen LogP contribution in [0.15, 0.2) is 18.6 Å². The second-order valence-electron chi connectivity index (χ2n) is 7.95. The Morgan fingerprint density at radius 1 is 1.32 bits per heavy atom. The smallest absolute Gasteiger partial charge is 0.147 e. The first-order valence-corrected chi connectivity index (χ1v) is 9.38. The molecule has 0 aliphatic carbocycles. The third kappa shape index (κ3) is 2.70. The van der Waals surface area contributed by atoms with Crippen LogP contribution in [0.1, 0.15) is 31.9 Å². The van der Waals surface area contributed by atoms with Gasteiger partial charge in [0.15, 0.2) is 0 Å². The van der Waals surface area contributed by atoms with Crippen molar-refractivity contribution in [2.45, 2.75) is 38.0 Å². The Kier molecular flexibility index (Phi) is 3.69. The van der Waals surface area contributed by atoms with Gasteiger partial charge in [0.25, 0.3) is 0 Å². The van der Waals surface area contributed by atoms with Gasteiger partial charge in [0.05, 0.1) is 11.5 Å². The molecule has 2 aromatic rings. The molecule has 0 radical (unpaired) electrons. The first-order valence-electron chi connectivity index (χ1n) is 9.38. The fourth-order valence-corrected chi connectivity index (χ4v) is 4.77. The van der Waals surface area contributed by atoms with Crippen LogP contribution in [0.4, 0.5) is 5.82 Å². The molecule has 3 aliphatic heterocycles. The Morgan fingerprint density at radius 2 is 2.24 bits per heavy atom. The average Bonchev–Trinajstić information content (AvgIpc) is 3.21. The molecule has 7 heteroatoms. The van der Waals surface area contributed by atoms with Gasteiger partial charge in [-0.05, 0) is 38.3 Å². The van der Waals surface area contributed by atoms with E-state index in [0.29, 0.717) is 17.3 Å². The van der Waals surface area contributed by atoms with E-state index in [4.69, 9.17) is 10.5 Å². The maximum atomic E-state index is 6.38. The van der Waals surface area contributed by atoms with Crippen molar-refractivity contribution in [3.8, 4) is 0 Å². The van der Waals surface area contributed by atoms with E-state index >= 15 is 0 Å². The number of aromatic nitrogens is 3. The Labute approximate surface area is 147 Å². The average molecular weight is 342 g/mol. The van der Waals surface area contributed by atoms with Crippen molar-refractivity contribution in [3.63, 3.8) is 0 Å². The SMILES string of the molecule is Nc1ncnc2c1ccn2C1CCC(CN2CCCC3(CNC3)C2)O1. The van der Waals surface area contributed by atoms with Crippen LogP contribution in [0.3, 0.4) is 0 Å². The predicted molar refractivity (Wildman–Crippen MR) is 96.1 cm³/mol. The summed E-state index contributed by atoms with van der Waals surface area (Å²) in [6.07, 6.45) is 8.74. The Morgan fingerprint density at radius 3 is 3.08 bits per heavy atom. The molecule has 7 nitrogen and oxygen atoms in total. The van der Waals surface area contributed by atoms with Gasteiger partial charge in [0.2, 0.25) is 0 Å². The minimum absolute atomic E-state index is 0.0564. The van der Waals surface area contributed by atoms with Crippen LogP contribution in [0, 0.1) is 5.41 Å². The van der Waals surface area contributed by atoms with E-state index < -0.39 is 0 Å². The predicted octanol–water partition coefficient (Wildman–Crippen LogP) is 1.38. The molecule has 3 N–H and O–H groups in total. The molecule has 1 spiro atoms. The summed E-state index contributed by atoms with van der Waals surface area (Å²) in [5.74, 6) is 0.533. The summed E-state index contributed by atoms with van der Waals surface area (Å²) in [6.45, 7) is 5.86. The molecular weight excluding hydrogens is 316 g/mol. The standard InChI is InChI=1S/C18H26N6O/c19-16-14-4-7-24(17(14)22-12-21-16)15-3-2-13(25-15)8-23-6-1-5-18(11-23)9-20-10-18/h4,7,12-13,15,20H,1-3,5-6,8-11H2,(H2,19,21,22). The lowest BCUT2D eigenvalue weighted by Gasteiger charge is -2.49. The molecule has 0 saturated carbocycles. The van der Waals surface area contributed by atoms with E-state index in [0.717, 1.165) is 30.4 Å². The van der Waals surface area contributed by atoms with E-state index in [-0.39, 0.29) is 6.23 Å². The minimum Gasteiger partial charge on any atom is -0.383 e. The number of hydrogen-bond donors (Lipinski definition) is 2. The van der Waals surface area contributed by atoms with Crippen molar-refractivity contribution in [1.29, 1.82) is 0 Å². The topological polar surface area (TPSA) is 81.2 Å². The second kappa shape index (κ2) is 5.93. The number of rotatable bonds is 3. The zero-order valence-corrected chi connectivity index (χ0v) is 14.5. The van der Waals surface area contributed by atoms with Gasteiger partial charge in [0, 0.05) is 37.8 Å². The molecule has 0 aromatic carbocycles. The van der Waals surface area contributed by atoms with E-state index in [1.807, 2.05) is 12.3 Å². The number of likely N-dealkylation sites (tertiary alicyclic amines) is 1. The number of ether oxygens (including phenoxy) is 1. The van der Waals surface area contributed by atoms with Crippen LogP contribution in [0.2, 0.25) is 0 Å². The summed E-state index contributed by atoms with van der Waals surface area (Å²) in [5.41, 5.74) is 7.36. The number of hydrogen-bond acceptors (Lipinski definition) is 6. The molecule has 134 valence electrons. The van der Waals surface area contributed by atoms with Gasteiger partial charge in [-0.2, -0.15) is 0 Å². The molecule has 5 rings (SSSR count). The van der Waals surface area contributed by atoms with Gasteiger partial charge in [0.1, 0.15) is 24.0 Å². The summed E-state index contributed by atoms with van der Waals surface area (Å²) in [7, 11) is 0. The molecule has 2 aromatic heterocycles. The number of nitrogens with zero attached hydrogens (tertiary/aromatic N) is 4. The Bertz CT molecular complexity index is 770. The quantitative estimate of drug-likeness (QED) is 0.877. The van der Waals surface area contributed by atoms with Crippen molar-refractivity contribution in [2.24, 2.45) is 5.41 Å². The van der Waals surface area contributed by atoms with Gasteiger partial charge < -0.3 is 25.3 Å². The third-order valence-corrected chi connectivity index (χ3v) is 6.14. The number of piperidine rings is 1. The van der Waals surface area contributed by atoms with Crippen molar-refractivity contribution < 1.29 is 4.74 Å². The van der Waals surface area contributed by atoms with Crippen molar-refractivity contribution in [2.75, 3.05) is 38.5 Å². The van der Waals surface area contributed by atoms with Crippen LogP contribution < -0.4 is 11.1 Å². The van der Waals surface area contributed by atoms with Gasteiger partial charge in [-0.25, -0.2) is 9.97 Å².